The van der Waals surface area contributed by atoms with Crippen LogP contribution in [0.5, 0.6) is 23.0 Å². The molecule has 94 valence electrons. The van der Waals surface area contributed by atoms with E-state index in [0.717, 1.165) is 17.1 Å². The molecule has 0 unspecified atom stereocenters. The molecule has 0 heterocycles. The van der Waals surface area contributed by atoms with Gasteiger partial charge in [-0.05, 0) is 30.7 Å². The normalized spacial score (nSPS) is 9.94. The highest BCUT2D eigenvalue weighted by molar-refractivity contribution is 5.48. The lowest BCUT2D eigenvalue weighted by Gasteiger charge is -2.13. The number of para-hydroxylation sites is 1. The maximum atomic E-state index is 5.87. The number of hydrogen-bond donors (Lipinski definition) is 0. The van der Waals surface area contributed by atoms with Crippen molar-refractivity contribution in [2.75, 3.05) is 14.2 Å². The monoisotopic (exact) mass is 244 g/mol. The summed E-state index contributed by atoms with van der Waals surface area (Å²) in [5, 5.41) is 0. The van der Waals surface area contributed by atoms with Gasteiger partial charge in [0.15, 0.2) is 11.5 Å². The molecular formula is C15H16O3. The Kier molecular flexibility index (Phi) is 3.72. The van der Waals surface area contributed by atoms with Gasteiger partial charge in [0.2, 0.25) is 0 Å². The van der Waals surface area contributed by atoms with E-state index in [0.29, 0.717) is 11.5 Å². The smallest absolute Gasteiger partial charge is 0.172 e. The molecule has 0 radical (unpaired) electrons. The van der Waals surface area contributed by atoms with Crippen molar-refractivity contribution in [2.24, 2.45) is 0 Å². The highest BCUT2D eigenvalue weighted by Crippen LogP contribution is 2.35. The average Bonchev–Trinajstić information content (AvgIpc) is 2.41. The van der Waals surface area contributed by atoms with Crippen LogP contribution >= 0.6 is 0 Å². The predicted molar refractivity (Wildman–Crippen MR) is 70.8 cm³/mol. The Balaban J connectivity index is 2.35. The summed E-state index contributed by atoms with van der Waals surface area (Å²) in [6.45, 7) is 2.00. The second-order valence-corrected chi connectivity index (χ2v) is 3.88. The minimum absolute atomic E-state index is 0.645. The molecule has 0 fully saturated rings. The summed E-state index contributed by atoms with van der Waals surface area (Å²) >= 11 is 0. The van der Waals surface area contributed by atoms with Crippen molar-refractivity contribution >= 4 is 0 Å². The lowest BCUT2D eigenvalue weighted by atomic mass is 10.2. The fourth-order valence-electron chi connectivity index (χ4n) is 1.65. The van der Waals surface area contributed by atoms with E-state index in [1.807, 2.05) is 49.4 Å². The van der Waals surface area contributed by atoms with Crippen LogP contribution in [0.25, 0.3) is 0 Å². The van der Waals surface area contributed by atoms with Crippen LogP contribution in [0.3, 0.4) is 0 Å². The Hall–Kier alpha value is -2.16. The van der Waals surface area contributed by atoms with E-state index < -0.39 is 0 Å². The number of ether oxygens (including phenoxy) is 3. The van der Waals surface area contributed by atoms with Crippen molar-refractivity contribution in [2.45, 2.75) is 6.92 Å². The number of rotatable bonds is 4. The molecule has 3 nitrogen and oxygen atoms in total. The van der Waals surface area contributed by atoms with Crippen molar-refractivity contribution in [3.8, 4) is 23.0 Å². The number of aryl methyl sites for hydroxylation is 1. The Labute approximate surface area is 107 Å². The second-order valence-electron chi connectivity index (χ2n) is 3.88. The van der Waals surface area contributed by atoms with E-state index in [4.69, 9.17) is 14.2 Å². The summed E-state index contributed by atoms with van der Waals surface area (Å²) in [7, 11) is 3.24. The fraction of sp³-hybridized carbons (Fsp3) is 0.200. The van der Waals surface area contributed by atoms with Crippen LogP contribution in [0.2, 0.25) is 0 Å². The summed E-state index contributed by atoms with van der Waals surface area (Å²) < 4.78 is 16.3. The first-order chi connectivity index (χ1) is 8.74. The first-order valence-corrected chi connectivity index (χ1v) is 5.70. The third-order valence-electron chi connectivity index (χ3n) is 2.68. The predicted octanol–water partition coefficient (Wildman–Crippen LogP) is 3.80. The zero-order chi connectivity index (χ0) is 13.0. The van der Waals surface area contributed by atoms with Gasteiger partial charge in [-0.15, -0.1) is 0 Å². The van der Waals surface area contributed by atoms with Crippen LogP contribution in [0, 0.1) is 6.92 Å². The van der Waals surface area contributed by atoms with Gasteiger partial charge in [-0.3, -0.25) is 0 Å². The van der Waals surface area contributed by atoms with Crippen molar-refractivity contribution in [3.63, 3.8) is 0 Å². The largest absolute Gasteiger partial charge is 0.497 e. The molecule has 0 amide bonds. The molecule has 0 N–H and O–H groups in total. The highest BCUT2D eigenvalue weighted by Gasteiger charge is 2.08. The molecule has 2 aromatic rings. The van der Waals surface area contributed by atoms with E-state index in [-0.39, 0.29) is 0 Å². The molecule has 0 aromatic heterocycles. The molecule has 0 spiro atoms. The van der Waals surface area contributed by atoms with Gasteiger partial charge < -0.3 is 14.2 Å². The first-order valence-electron chi connectivity index (χ1n) is 5.70. The SMILES string of the molecule is COc1ccc(OC)c(Oc2ccccc2C)c1. The number of benzene rings is 2. The van der Waals surface area contributed by atoms with Gasteiger partial charge in [-0.25, -0.2) is 0 Å². The van der Waals surface area contributed by atoms with Gasteiger partial charge in [0, 0.05) is 6.07 Å². The van der Waals surface area contributed by atoms with E-state index in [1.54, 1.807) is 14.2 Å². The molecule has 2 rings (SSSR count). The Morgan fingerprint density at radius 3 is 2.22 bits per heavy atom. The van der Waals surface area contributed by atoms with E-state index in [9.17, 15) is 0 Å². The number of methoxy groups -OCH3 is 2. The van der Waals surface area contributed by atoms with Crippen LogP contribution in [-0.4, -0.2) is 14.2 Å². The van der Waals surface area contributed by atoms with Gasteiger partial charge in [0.25, 0.3) is 0 Å². The summed E-state index contributed by atoms with van der Waals surface area (Å²) in [5.41, 5.74) is 1.07. The van der Waals surface area contributed by atoms with Gasteiger partial charge in [0.1, 0.15) is 11.5 Å². The average molecular weight is 244 g/mol. The minimum Gasteiger partial charge on any atom is -0.497 e. The van der Waals surface area contributed by atoms with Crippen molar-refractivity contribution in [3.05, 3.63) is 48.0 Å². The van der Waals surface area contributed by atoms with Gasteiger partial charge in [-0.1, -0.05) is 18.2 Å². The molecule has 3 heteroatoms. The molecule has 2 aromatic carbocycles. The topological polar surface area (TPSA) is 27.7 Å². The van der Waals surface area contributed by atoms with Crippen LogP contribution in [0.4, 0.5) is 0 Å². The summed E-state index contributed by atoms with van der Waals surface area (Å²) in [4.78, 5) is 0. The van der Waals surface area contributed by atoms with Crippen LogP contribution in [0.1, 0.15) is 5.56 Å². The van der Waals surface area contributed by atoms with Crippen molar-refractivity contribution in [1.29, 1.82) is 0 Å². The molecule has 18 heavy (non-hydrogen) atoms. The first kappa shape index (κ1) is 12.3. The molecule has 0 saturated carbocycles. The molecule has 0 atom stereocenters. The third kappa shape index (κ3) is 2.56. The van der Waals surface area contributed by atoms with Crippen LogP contribution in [-0.2, 0) is 0 Å². The number of hydrogen-bond acceptors (Lipinski definition) is 3. The van der Waals surface area contributed by atoms with Crippen molar-refractivity contribution in [1.82, 2.24) is 0 Å². The maximum absolute atomic E-state index is 5.87. The fourth-order valence-corrected chi connectivity index (χ4v) is 1.65. The zero-order valence-corrected chi connectivity index (χ0v) is 10.8. The second kappa shape index (κ2) is 5.45. The molecule has 0 bridgehead atoms. The minimum atomic E-state index is 0.645. The van der Waals surface area contributed by atoms with E-state index in [2.05, 4.69) is 0 Å². The Morgan fingerprint density at radius 1 is 0.778 bits per heavy atom. The molecule has 0 aliphatic heterocycles. The lowest BCUT2D eigenvalue weighted by Crippen LogP contribution is -1.93. The van der Waals surface area contributed by atoms with E-state index in [1.165, 1.54) is 0 Å². The van der Waals surface area contributed by atoms with Gasteiger partial charge in [-0.2, -0.15) is 0 Å². The molecule has 0 aliphatic rings. The van der Waals surface area contributed by atoms with Crippen LogP contribution < -0.4 is 14.2 Å². The van der Waals surface area contributed by atoms with Crippen LogP contribution in [0.15, 0.2) is 42.5 Å². The zero-order valence-electron chi connectivity index (χ0n) is 10.8. The van der Waals surface area contributed by atoms with Gasteiger partial charge in [0.05, 0.1) is 14.2 Å². The maximum Gasteiger partial charge on any atom is 0.172 e. The highest BCUT2D eigenvalue weighted by atomic mass is 16.5. The summed E-state index contributed by atoms with van der Waals surface area (Å²) in [6, 6.07) is 13.3. The van der Waals surface area contributed by atoms with E-state index >= 15 is 0 Å². The van der Waals surface area contributed by atoms with Gasteiger partial charge >= 0.3 is 0 Å². The molecule has 0 saturated heterocycles. The van der Waals surface area contributed by atoms with Crippen molar-refractivity contribution < 1.29 is 14.2 Å². The molecule has 0 aliphatic carbocycles. The quantitative estimate of drug-likeness (QED) is 0.818. The molecular weight excluding hydrogens is 228 g/mol. The Morgan fingerprint density at radius 2 is 1.56 bits per heavy atom. The Bertz CT molecular complexity index is 535. The lowest BCUT2D eigenvalue weighted by molar-refractivity contribution is 0.370. The summed E-state index contributed by atoms with van der Waals surface area (Å²) in [5.74, 6) is 2.87. The summed E-state index contributed by atoms with van der Waals surface area (Å²) in [6.07, 6.45) is 0. The standard InChI is InChI=1S/C15H16O3/c1-11-6-4-5-7-13(11)18-15-10-12(16-2)8-9-14(15)17-3/h4-10H,1-3H3. The third-order valence-corrected chi connectivity index (χ3v) is 2.68.